The zero-order valence-electron chi connectivity index (χ0n) is 10.8. The summed E-state index contributed by atoms with van der Waals surface area (Å²) in [7, 11) is 0. The Balaban J connectivity index is 1.70. The summed E-state index contributed by atoms with van der Waals surface area (Å²) >= 11 is 3.54. The molecule has 3 aliphatic rings. The predicted molar refractivity (Wildman–Crippen MR) is 74.6 cm³/mol. The van der Waals surface area contributed by atoms with Crippen molar-refractivity contribution in [3.05, 3.63) is 29.3 Å². The van der Waals surface area contributed by atoms with Gasteiger partial charge in [0.05, 0.1) is 12.7 Å². The minimum absolute atomic E-state index is 0.0755. The lowest BCUT2D eigenvalue weighted by atomic mass is 9.87. The SMILES string of the molecule is CC1OC[C@@H]2[C@H]3c4cccc(CBr)c4O[C@H]3C[C@H]2O1. The molecule has 0 bridgehead atoms. The van der Waals surface area contributed by atoms with E-state index in [0.29, 0.717) is 17.9 Å². The molecule has 2 aliphatic heterocycles. The molecular weight excluding hydrogens is 308 g/mol. The van der Waals surface area contributed by atoms with E-state index in [1.165, 1.54) is 11.1 Å². The second kappa shape index (κ2) is 4.47. The Bertz CT molecular complexity index is 504. The molecule has 0 spiro atoms. The summed E-state index contributed by atoms with van der Waals surface area (Å²) in [6.45, 7) is 2.76. The van der Waals surface area contributed by atoms with Crippen LogP contribution in [0.4, 0.5) is 0 Å². The van der Waals surface area contributed by atoms with Crippen LogP contribution in [-0.2, 0) is 14.8 Å². The Kier molecular flexibility index (Phi) is 2.87. The molecule has 1 saturated carbocycles. The Labute approximate surface area is 121 Å². The van der Waals surface area contributed by atoms with Crippen LogP contribution >= 0.6 is 15.9 Å². The highest BCUT2D eigenvalue weighted by Crippen LogP contribution is 2.53. The van der Waals surface area contributed by atoms with Gasteiger partial charge in [0, 0.05) is 34.7 Å². The van der Waals surface area contributed by atoms with Crippen LogP contribution in [0.3, 0.4) is 0 Å². The minimum atomic E-state index is -0.0755. The summed E-state index contributed by atoms with van der Waals surface area (Å²) in [5, 5.41) is 0.841. The van der Waals surface area contributed by atoms with Crippen LogP contribution in [0.1, 0.15) is 30.4 Å². The Morgan fingerprint density at radius 1 is 1.32 bits per heavy atom. The van der Waals surface area contributed by atoms with Crippen molar-refractivity contribution < 1.29 is 14.2 Å². The Morgan fingerprint density at radius 3 is 3.05 bits per heavy atom. The molecule has 0 radical (unpaired) electrons. The highest BCUT2D eigenvalue weighted by molar-refractivity contribution is 9.08. The number of para-hydroxylation sites is 1. The number of hydrogen-bond acceptors (Lipinski definition) is 3. The zero-order valence-corrected chi connectivity index (χ0v) is 12.4. The van der Waals surface area contributed by atoms with Gasteiger partial charge in [-0.3, -0.25) is 0 Å². The molecule has 0 aromatic heterocycles. The predicted octanol–water partition coefficient (Wildman–Crippen LogP) is 3.21. The number of halogens is 1. The van der Waals surface area contributed by atoms with Crippen molar-refractivity contribution in [2.45, 2.75) is 43.1 Å². The standard InChI is InChI=1S/C15H17BrO3/c1-8-17-7-11-12(18-8)5-13-14(11)10-4-2-3-9(6-16)15(10)19-13/h2-4,8,11-14H,5-7H2,1H3/t8?,11-,12+,13-,14+/m0/s1. The zero-order chi connectivity index (χ0) is 13.0. The third kappa shape index (κ3) is 1.77. The van der Waals surface area contributed by atoms with Crippen LogP contribution in [0, 0.1) is 5.92 Å². The average Bonchev–Trinajstić information content (AvgIpc) is 2.92. The second-order valence-corrected chi connectivity index (χ2v) is 6.19. The molecule has 102 valence electrons. The van der Waals surface area contributed by atoms with Crippen molar-refractivity contribution in [2.24, 2.45) is 5.92 Å². The third-order valence-corrected chi connectivity index (χ3v) is 5.20. The van der Waals surface area contributed by atoms with E-state index >= 15 is 0 Å². The molecule has 1 aromatic rings. The first-order valence-corrected chi connectivity index (χ1v) is 8.01. The van der Waals surface area contributed by atoms with Crippen LogP contribution in [0.2, 0.25) is 0 Å². The van der Waals surface area contributed by atoms with E-state index in [2.05, 4.69) is 34.1 Å². The molecular formula is C15H17BrO3. The quantitative estimate of drug-likeness (QED) is 0.742. The van der Waals surface area contributed by atoms with Crippen LogP contribution in [0.25, 0.3) is 0 Å². The smallest absolute Gasteiger partial charge is 0.155 e. The fraction of sp³-hybridized carbons (Fsp3) is 0.600. The molecule has 0 amide bonds. The number of alkyl halides is 1. The molecule has 1 aliphatic carbocycles. The van der Waals surface area contributed by atoms with Crippen molar-refractivity contribution in [1.29, 1.82) is 0 Å². The summed E-state index contributed by atoms with van der Waals surface area (Å²) in [5.41, 5.74) is 2.59. The summed E-state index contributed by atoms with van der Waals surface area (Å²) in [4.78, 5) is 0. The van der Waals surface area contributed by atoms with Gasteiger partial charge in [0.2, 0.25) is 0 Å². The summed E-state index contributed by atoms with van der Waals surface area (Å²) in [6, 6.07) is 6.45. The normalized spacial score (nSPS) is 39.4. The van der Waals surface area contributed by atoms with Gasteiger partial charge in [-0.2, -0.15) is 0 Å². The van der Waals surface area contributed by atoms with Gasteiger partial charge in [-0.15, -0.1) is 0 Å². The maximum absolute atomic E-state index is 6.21. The largest absolute Gasteiger partial charge is 0.489 e. The molecule has 3 nitrogen and oxygen atoms in total. The molecule has 1 saturated heterocycles. The Hall–Kier alpha value is -0.580. The van der Waals surface area contributed by atoms with Crippen LogP contribution in [0.5, 0.6) is 5.75 Å². The van der Waals surface area contributed by atoms with Crippen molar-refractivity contribution in [1.82, 2.24) is 0 Å². The summed E-state index contributed by atoms with van der Waals surface area (Å²) in [5.74, 6) is 1.96. The number of ether oxygens (including phenoxy) is 3. The molecule has 1 unspecified atom stereocenters. The van der Waals surface area contributed by atoms with E-state index in [-0.39, 0.29) is 12.4 Å². The van der Waals surface area contributed by atoms with E-state index in [9.17, 15) is 0 Å². The van der Waals surface area contributed by atoms with E-state index < -0.39 is 0 Å². The summed E-state index contributed by atoms with van der Waals surface area (Å²) in [6.07, 6.45) is 1.46. The molecule has 0 N–H and O–H groups in total. The lowest BCUT2D eigenvalue weighted by Crippen LogP contribution is -2.37. The lowest BCUT2D eigenvalue weighted by molar-refractivity contribution is -0.221. The van der Waals surface area contributed by atoms with Crippen LogP contribution in [0.15, 0.2) is 18.2 Å². The number of fused-ring (bicyclic) bond motifs is 5. The molecule has 4 rings (SSSR count). The molecule has 2 fully saturated rings. The maximum atomic E-state index is 6.21. The van der Waals surface area contributed by atoms with E-state index in [1.54, 1.807) is 0 Å². The molecule has 1 aromatic carbocycles. The van der Waals surface area contributed by atoms with Gasteiger partial charge in [-0.05, 0) is 6.92 Å². The van der Waals surface area contributed by atoms with Gasteiger partial charge in [0.15, 0.2) is 6.29 Å². The van der Waals surface area contributed by atoms with Crippen molar-refractivity contribution in [2.75, 3.05) is 6.61 Å². The highest BCUT2D eigenvalue weighted by Gasteiger charge is 2.52. The lowest BCUT2D eigenvalue weighted by Gasteiger charge is -2.32. The first-order chi connectivity index (χ1) is 9.28. The number of benzene rings is 1. The van der Waals surface area contributed by atoms with Crippen LogP contribution in [-0.4, -0.2) is 25.1 Å². The van der Waals surface area contributed by atoms with Gasteiger partial charge >= 0.3 is 0 Å². The topological polar surface area (TPSA) is 27.7 Å². The molecule has 2 heterocycles. The van der Waals surface area contributed by atoms with Crippen molar-refractivity contribution in [3.63, 3.8) is 0 Å². The molecule has 5 atom stereocenters. The molecule has 4 heteroatoms. The minimum Gasteiger partial charge on any atom is -0.489 e. The highest BCUT2D eigenvalue weighted by atomic mass is 79.9. The number of rotatable bonds is 1. The first kappa shape index (κ1) is 12.2. The third-order valence-electron chi connectivity index (χ3n) is 4.59. The van der Waals surface area contributed by atoms with E-state index in [1.807, 2.05) is 6.92 Å². The average molecular weight is 325 g/mol. The van der Waals surface area contributed by atoms with E-state index in [0.717, 1.165) is 24.1 Å². The number of hydrogen-bond donors (Lipinski definition) is 0. The van der Waals surface area contributed by atoms with Gasteiger partial charge in [0.1, 0.15) is 11.9 Å². The van der Waals surface area contributed by atoms with E-state index in [4.69, 9.17) is 14.2 Å². The molecule has 19 heavy (non-hydrogen) atoms. The van der Waals surface area contributed by atoms with Gasteiger partial charge < -0.3 is 14.2 Å². The second-order valence-electron chi connectivity index (χ2n) is 5.63. The van der Waals surface area contributed by atoms with Gasteiger partial charge in [0.25, 0.3) is 0 Å². The first-order valence-electron chi connectivity index (χ1n) is 6.89. The van der Waals surface area contributed by atoms with Crippen molar-refractivity contribution in [3.8, 4) is 5.75 Å². The summed E-state index contributed by atoms with van der Waals surface area (Å²) < 4.78 is 17.8. The van der Waals surface area contributed by atoms with Crippen molar-refractivity contribution >= 4 is 15.9 Å². The fourth-order valence-electron chi connectivity index (χ4n) is 3.78. The maximum Gasteiger partial charge on any atom is 0.155 e. The Morgan fingerprint density at radius 2 is 2.21 bits per heavy atom. The van der Waals surface area contributed by atoms with Crippen LogP contribution < -0.4 is 4.74 Å². The monoisotopic (exact) mass is 324 g/mol. The van der Waals surface area contributed by atoms with Gasteiger partial charge in [-0.25, -0.2) is 0 Å². The fourth-order valence-corrected chi connectivity index (χ4v) is 4.22. The van der Waals surface area contributed by atoms with Gasteiger partial charge in [-0.1, -0.05) is 34.1 Å².